The monoisotopic (exact) mass is 246 g/mol. The van der Waals surface area contributed by atoms with E-state index in [0.717, 1.165) is 0 Å². The first-order valence-electron chi connectivity index (χ1n) is 4.41. The van der Waals surface area contributed by atoms with E-state index < -0.39 is 17.9 Å². The lowest BCUT2D eigenvalue weighted by molar-refractivity contribution is -0.140. The quantitative estimate of drug-likeness (QED) is 0.705. The van der Waals surface area contributed by atoms with Gasteiger partial charge >= 0.3 is 5.97 Å². The Balaban J connectivity index is 2.65. The molecule has 0 fully saturated rings. The van der Waals surface area contributed by atoms with Crippen LogP contribution in [0.4, 0.5) is 0 Å². The molecular formula is C9H11ClN2O4. The Hall–Kier alpha value is -1.53. The molecule has 0 radical (unpaired) electrons. The van der Waals surface area contributed by atoms with Gasteiger partial charge in [-0.15, -0.1) is 0 Å². The van der Waals surface area contributed by atoms with Crippen LogP contribution < -0.4 is 5.32 Å². The molecule has 1 rings (SSSR count). The minimum atomic E-state index is -1.16. The summed E-state index contributed by atoms with van der Waals surface area (Å²) in [7, 11) is 1.35. The molecule has 88 valence electrons. The van der Waals surface area contributed by atoms with Crippen molar-refractivity contribution in [2.24, 2.45) is 0 Å². The number of carboxylic acid groups (broad SMARTS) is 1. The fraction of sp³-hybridized carbons (Fsp3) is 0.333. The highest BCUT2D eigenvalue weighted by Crippen LogP contribution is 2.09. The number of ether oxygens (including phenoxy) is 1. The van der Waals surface area contributed by atoms with Crippen LogP contribution in [0, 0.1) is 0 Å². The summed E-state index contributed by atoms with van der Waals surface area (Å²) in [4.78, 5) is 24.9. The first-order valence-corrected chi connectivity index (χ1v) is 4.79. The van der Waals surface area contributed by atoms with Crippen molar-refractivity contribution < 1.29 is 19.4 Å². The minimum Gasteiger partial charge on any atom is -0.480 e. The summed E-state index contributed by atoms with van der Waals surface area (Å²) in [5, 5.41) is 11.4. The van der Waals surface area contributed by atoms with Crippen LogP contribution >= 0.6 is 11.6 Å². The van der Waals surface area contributed by atoms with Gasteiger partial charge < -0.3 is 20.1 Å². The second-order valence-corrected chi connectivity index (χ2v) is 3.49. The fourth-order valence-corrected chi connectivity index (χ4v) is 1.24. The number of rotatable bonds is 5. The van der Waals surface area contributed by atoms with Gasteiger partial charge in [0.2, 0.25) is 0 Å². The molecule has 3 N–H and O–H groups in total. The van der Waals surface area contributed by atoms with Gasteiger partial charge in [0, 0.05) is 13.3 Å². The molecule has 1 atom stereocenters. The van der Waals surface area contributed by atoms with Gasteiger partial charge in [-0.05, 0) is 6.07 Å². The number of nitrogens with one attached hydrogen (secondary N) is 2. The molecule has 0 bridgehead atoms. The van der Waals surface area contributed by atoms with E-state index in [4.69, 9.17) is 16.7 Å². The van der Waals surface area contributed by atoms with Gasteiger partial charge in [-0.2, -0.15) is 0 Å². The number of aromatic amines is 1. The zero-order chi connectivity index (χ0) is 12.1. The second kappa shape index (κ2) is 5.53. The Bertz CT molecular complexity index is 391. The smallest absolute Gasteiger partial charge is 0.328 e. The molecule has 0 aliphatic carbocycles. The van der Waals surface area contributed by atoms with E-state index in [1.54, 1.807) is 0 Å². The largest absolute Gasteiger partial charge is 0.480 e. The topological polar surface area (TPSA) is 91.4 Å². The zero-order valence-corrected chi connectivity index (χ0v) is 9.25. The highest BCUT2D eigenvalue weighted by atomic mass is 35.5. The summed E-state index contributed by atoms with van der Waals surface area (Å²) in [5.41, 5.74) is 0.201. The molecule has 0 aliphatic rings. The zero-order valence-electron chi connectivity index (χ0n) is 8.49. The van der Waals surface area contributed by atoms with Gasteiger partial charge in [0.05, 0.1) is 11.6 Å². The summed E-state index contributed by atoms with van der Waals surface area (Å²) in [6.45, 7) is -0.102. The maximum Gasteiger partial charge on any atom is 0.328 e. The van der Waals surface area contributed by atoms with Gasteiger partial charge in [0.25, 0.3) is 5.91 Å². The molecule has 1 aromatic heterocycles. The van der Waals surface area contributed by atoms with Crippen molar-refractivity contribution in [2.45, 2.75) is 6.04 Å². The lowest BCUT2D eigenvalue weighted by atomic mass is 10.3. The van der Waals surface area contributed by atoms with Gasteiger partial charge in [0.1, 0.15) is 5.69 Å². The second-order valence-electron chi connectivity index (χ2n) is 3.05. The minimum absolute atomic E-state index is 0.102. The number of hydrogen-bond acceptors (Lipinski definition) is 3. The molecule has 0 saturated heterocycles. The van der Waals surface area contributed by atoms with E-state index >= 15 is 0 Å². The Morgan fingerprint density at radius 2 is 2.38 bits per heavy atom. The first-order chi connectivity index (χ1) is 7.54. The van der Waals surface area contributed by atoms with E-state index in [1.165, 1.54) is 19.4 Å². The third-order valence-electron chi connectivity index (χ3n) is 1.83. The van der Waals surface area contributed by atoms with E-state index in [1.807, 2.05) is 0 Å². The summed E-state index contributed by atoms with van der Waals surface area (Å²) in [6, 6.07) is 0.322. The molecule has 1 amide bonds. The number of amides is 1. The van der Waals surface area contributed by atoms with Gasteiger partial charge in [-0.1, -0.05) is 11.6 Å². The van der Waals surface area contributed by atoms with Crippen LogP contribution in [0.3, 0.4) is 0 Å². The number of halogens is 1. The highest BCUT2D eigenvalue weighted by molar-refractivity contribution is 6.30. The third kappa shape index (κ3) is 3.25. The van der Waals surface area contributed by atoms with E-state index in [9.17, 15) is 9.59 Å². The number of carboxylic acids is 1. The number of hydrogen-bond donors (Lipinski definition) is 3. The van der Waals surface area contributed by atoms with E-state index in [-0.39, 0.29) is 12.3 Å². The third-order valence-corrected chi connectivity index (χ3v) is 2.05. The lowest BCUT2D eigenvalue weighted by Gasteiger charge is -2.12. The van der Waals surface area contributed by atoms with Crippen LogP contribution in [0.1, 0.15) is 10.5 Å². The van der Waals surface area contributed by atoms with Crippen molar-refractivity contribution in [1.82, 2.24) is 10.3 Å². The van der Waals surface area contributed by atoms with Crippen LogP contribution in [0.25, 0.3) is 0 Å². The average molecular weight is 247 g/mol. The average Bonchev–Trinajstić information content (AvgIpc) is 2.64. The fourth-order valence-electron chi connectivity index (χ4n) is 1.08. The maximum absolute atomic E-state index is 11.5. The van der Waals surface area contributed by atoms with Crippen LogP contribution in [0.2, 0.25) is 5.02 Å². The SMILES string of the molecule is COCC(NC(=O)c1cc(Cl)c[nH]1)C(=O)O. The molecule has 0 aromatic carbocycles. The number of aromatic nitrogens is 1. The molecule has 1 heterocycles. The highest BCUT2D eigenvalue weighted by Gasteiger charge is 2.20. The number of carbonyl (C=O) groups is 2. The summed E-state index contributed by atoms with van der Waals surface area (Å²) in [5.74, 6) is -1.70. The number of H-pyrrole nitrogens is 1. The summed E-state index contributed by atoms with van der Waals surface area (Å²) in [6.07, 6.45) is 1.43. The number of aliphatic carboxylic acids is 1. The molecule has 1 aromatic rings. The van der Waals surface area contributed by atoms with Crippen LogP contribution in [0.15, 0.2) is 12.3 Å². The van der Waals surface area contributed by atoms with Crippen LogP contribution in [0.5, 0.6) is 0 Å². The Kier molecular flexibility index (Phi) is 4.33. The van der Waals surface area contributed by atoms with Crippen molar-refractivity contribution in [3.63, 3.8) is 0 Å². The van der Waals surface area contributed by atoms with Gasteiger partial charge in [-0.25, -0.2) is 4.79 Å². The molecule has 16 heavy (non-hydrogen) atoms. The van der Waals surface area contributed by atoms with Crippen molar-refractivity contribution in [3.8, 4) is 0 Å². The van der Waals surface area contributed by atoms with Crippen molar-refractivity contribution >= 4 is 23.5 Å². The lowest BCUT2D eigenvalue weighted by Crippen LogP contribution is -2.43. The molecule has 6 nitrogen and oxygen atoms in total. The van der Waals surface area contributed by atoms with Crippen molar-refractivity contribution in [2.75, 3.05) is 13.7 Å². The molecule has 7 heteroatoms. The Morgan fingerprint density at radius 1 is 1.69 bits per heavy atom. The van der Waals surface area contributed by atoms with Crippen LogP contribution in [-0.4, -0.2) is 41.7 Å². The Morgan fingerprint density at radius 3 is 2.81 bits per heavy atom. The van der Waals surface area contributed by atoms with Crippen molar-refractivity contribution in [3.05, 3.63) is 23.0 Å². The maximum atomic E-state index is 11.5. The normalized spacial score (nSPS) is 12.1. The number of carbonyl (C=O) groups excluding carboxylic acids is 1. The molecule has 0 aliphatic heterocycles. The van der Waals surface area contributed by atoms with Crippen LogP contribution in [-0.2, 0) is 9.53 Å². The molecule has 0 saturated carbocycles. The standard InChI is InChI=1S/C9H11ClN2O4/c1-16-4-7(9(14)15)12-8(13)6-2-5(10)3-11-6/h2-3,7,11H,4H2,1H3,(H,12,13)(H,14,15). The predicted octanol–water partition coefficient (Wildman–Crippen LogP) is 0.498. The molecule has 1 unspecified atom stereocenters. The van der Waals surface area contributed by atoms with Gasteiger partial charge in [0.15, 0.2) is 6.04 Å². The Labute approximate surface area is 96.5 Å². The molecule has 0 spiro atoms. The first kappa shape index (κ1) is 12.5. The molecular weight excluding hydrogens is 236 g/mol. The van der Waals surface area contributed by atoms with Crippen molar-refractivity contribution in [1.29, 1.82) is 0 Å². The van der Waals surface area contributed by atoms with E-state index in [0.29, 0.717) is 5.02 Å². The van der Waals surface area contributed by atoms with E-state index in [2.05, 4.69) is 15.0 Å². The summed E-state index contributed by atoms with van der Waals surface area (Å²) >= 11 is 5.61. The van der Waals surface area contributed by atoms with Gasteiger partial charge in [-0.3, -0.25) is 4.79 Å². The summed E-state index contributed by atoms with van der Waals surface area (Å²) < 4.78 is 4.68. The predicted molar refractivity (Wildman–Crippen MR) is 56.6 cm³/mol. The number of methoxy groups -OCH3 is 1.